The smallest absolute Gasteiger partial charge is 0.242 e. The molecular formula is C9H16O2S2Si. The van der Waals surface area contributed by atoms with Gasteiger partial charge >= 0.3 is 0 Å². The van der Waals surface area contributed by atoms with Gasteiger partial charge in [0.15, 0.2) is 0 Å². The molecule has 0 radical (unpaired) electrons. The van der Waals surface area contributed by atoms with Crippen LogP contribution in [-0.2, 0) is 9.22 Å². The van der Waals surface area contributed by atoms with Crippen molar-refractivity contribution in [2.75, 3.05) is 0 Å². The molecule has 0 N–H and O–H groups in total. The topological polar surface area (TPSA) is 26.3 Å². The van der Waals surface area contributed by atoms with E-state index in [1.165, 1.54) is 11.8 Å². The van der Waals surface area contributed by atoms with Crippen LogP contribution >= 0.6 is 23.5 Å². The van der Waals surface area contributed by atoms with Crippen molar-refractivity contribution in [1.82, 2.24) is 0 Å². The van der Waals surface area contributed by atoms with Crippen LogP contribution in [0.2, 0.25) is 19.6 Å². The highest BCUT2D eigenvalue weighted by atomic mass is 32.2. The summed E-state index contributed by atoms with van der Waals surface area (Å²) in [4.78, 5) is 11.4. The fourth-order valence-electron chi connectivity index (χ4n) is 1.01. The summed E-state index contributed by atoms with van der Waals surface area (Å²) in [6.07, 6.45) is 1.61. The first-order chi connectivity index (χ1) is 6.18. The molecule has 1 aliphatic heterocycles. The molecule has 1 aliphatic rings. The van der Waals surface area contributed by atoms with E-state index in [0.717, 1.165) is 5.09 Å². The van der Waals surface area contributed by atoms with E-state index in [1.807, 2.05) is 13.8 Å². The summed E-state index contributed by atoms with van der Waals surface area (Å²) in [7, 11) is -1.59. The molecule has 0 amide bonds. The van der Waals surface area contributed by atoms with Gasteiger partial charge in [-0.3, -0.25) is 4.79 Å². The maximum atomic E-state index is 11.4. The lowest BCUT2D eigenvalue weighted by molar-refractivity contribution is -0.107. The molecule has 14 heavy (non-hydrogen) atoms. The third-order valence-corrected chi connectivity index (χ3v) is 4.52. The van der Waals surface area contributed by atoms with Gasteiger partial charge in [0, 0.05) is 6.08 Å². The molecule has 0 fully saturated rings. The average Bonchev–Trinajstić information content (AvgIpc) is 1.74. The number of carbonyl (C=O) groups is 1. The molecule has 0 saturated heterocycles. The summed E-state index contributed by atoms with van der Waals surface area (Å²) >= 11 is 2.99. The molecule has 0 unspecified atom stereocenters. The van der Waals surface area contributed by atoms with Crippen molar-refractivity contribution in [3.8, 4) is 0 Å². The van der Waals surface area contributed by atoms with E-state index in [1.54, 1.807) is 17.8 Å². The highest BCUT2D eigenvalue weighted by molar-refractivity contribution is 8.28. The van der Waals surface area contributed by atoms with Crippen molar-refractivity contribution < 1.29 is 9.22 Å². The number of carbonyl (C=O) groups excluding carboxylic acids is 1. The third kappa shape index (κ3) is 4.10. The number of hydrogen-bond acceptors (Lipinski definition) is 4. The lowest BCUT2D eigenvalue weighted by Gasteiger charge is -2.30. The molecule has 1 heterocycles. The van der Waals surface area contributed by atoms with Crippen molar-refractivity contribution in [1.29, 1.82) is 0 Å². The van der Waals surface area contributed by atoms with E-state index in [0.29, 0.717) is 0 Å². The summed E-state index contributed by atoms with van der Waals surface area (Å²) < 4.78 is 5.72. The van der Waals surface area contributed by atoms with Crippen LogP contribution in [0.25, 0.3) is 0 Å². The predicted octanol–water partition coefficient (Wildman–Crippen LogP) is 3.42. The fraction of sp³-hybridized carbons (Fsp3) is 0.667. The Balaban J connectivity index is 2.75. The summed E-state index contributed by atoms with van der Waals surface area (Å²) in [6.45, 7) is 10.4. The first-order valence-corrected chi connectivity index (χ1v) is 9.55. The lowest BCUT2D eigenvalue weighted by Crippen LogP contribution is -2.27. The molecular weight excluding hydrogens is 232 g/mol. The van der Waals surface area contributed by atoms with Crippen LogP contribution in [0.4, 0.5) is 0 Å². The zero-order chi connectivity index (χ0) is 11.0. The van der Waals surface area contributed by atoms with Crippen LogP contribution in [0.3, 0.4) is 0 Å². The first-order valence-electron chi connectivity index (χ1n) is 4.51. The normalized spacial score (nSPS) is 21.8. The Labute approximate surface area is 95.0 Å². The van der Waals surface area contributed by atoms with Gasteiger partial charge in [-0.25, -0.2) is 0 Å². The van der Waals surface area contributed by atoms with Gasteiger partial charge < -0.3 is 4.43 Å². The second kappa shape index (κ2) is 3.94. The highest BCUT2D eigenvalue weighted by Gasteiger charge is 2.32. The Morgan fingerprint density at radius 1 is 1.29 bits per heavy atom. The zero-order valence-corrected chi connectivity index (χ0v) is 11.8. The van der Waals surface area contributed by atoms with E-state index < -0.39 is 8.32 Å². The SMILES string of the molecule is CC1(C)SC(=O)C=C(O[Si](C)(C)C)S1. The molecule has 0 aromatic carbocycles. The average molecular weight is 248 g/mol. The van der Waals surface area contributed by atoms with Crippen molar-refractivity contribution in [3.63, 3.8) is 0 Å². The van der Waals surface area contributed by atoms with Gasteiger partial charge in [-0.1, -0.05) is 23.5 Å². The monoisotopic (exact) mass is 248 g/mol. The van der Waals surface area contributed by atoms with E-state index >= 15 is 0 Å². The highest BCUT2D eigenvalue weighted by Crippen LogP contribution is 2.46. The van der Waals surface area contributed by atoms with E-state index in [-0.39, 0.29) is 9.19 Å². The molecule has 0 aromatic rings. The van der Waals surface area contributed by atoms with Crippen LogP contribution in [0.5, 0.6) is 0 Å². The maximum absolute atomic E-state index is 11.4. The van der Waals surface area contributed by atoms with Gasteiger partial charge in [0.2, 0.25) is 13.4 Å². The van der Waals surface area contributed by atoms with Crippen molar-refractivity contribution in [2.45, 2.75) is 37.6 Å². The van der Waals surface area contributed by atoms with Crippen molar-refractivity contribution >= 4 is 37.0 Å². The molecule has 0 atom stereocenters. The second-order valence-corrected chi connectivity index (χ2v) is 12.5. The summed E-state index contributed by atoms with van der Waals surface area (Å²) in [5.74, 6) is 0. The molecule has 5 heteroatoms. The van der Waals surface area contributed by atoms with Crippen LogP contribution in [-0.4, -0.2) is 17.5 Å². The minimum atomic E-state index is -1.59. The molecule has 2 nitrogen and oxygen atoms in total. The summed E-state index contributed by atoms with van der Waals surface area (Å²) in [5, 5.41) is 0.889. The first kappa shape index (κ1) is 12.2. The zero-order valence-electron chi connectivity index (χ0n) is 9.21. The van der Waals surface area contributed by atoms with E-state index in [2.05, 4.69) is 19.6 Å². The van der Waals surface area contributed by atoms with Crippen LogP contribution < -0.4 is 0 Å². The predicted molar refractivity (Wildman–Crippen MR) is 66.8 cm³/mol. The van der Waals surface area contributed by atoms with Gasteiger partial charge in [0.25, 0.3) is 0 Å². The minimum absolute atomic E-state index is 0.0964. The van der Waals surface area contributed by atoms with Crippen molar-refractivity contribution in [2.24, 2.45) is 0 Å². The third-order valence-electron chi connectivity index (χ3n) is 1.34. The van der Waals surface area contributed by atoms with Gasteiger partial charge in [-0.15, -0.1) is 0 Å². The summed E-state index contributed by atoms with van der Waals surface area (Å²) in [5.41, 5.74) is 0. The van der Waals surface area contributed by atoms with Gasteiger partial charge in [0.05, 0.1) is 4.08 Å². The summed E-state index contributed by atoms with van der Waals surface area (Å²) in [6, 6.07) is 0. The molecule has 0 aliphatic carbocycles. The fourth-order valence-corrected chi connectivity index (χ4v) is 4.63. The van der Waals surface area contributed by atoms with Crippen LogP contribution in [0.1, 0.15) is 13.8 Å². The van der Waals surface area contributed by atoms with Crippen LogP contribution in [0.15, 0.2) is 11.2 Å². The van der Waals surface area contributed by atoms with Crippen molar-refractivity contribution in [3.05, 3.63) is 11.2 Å². The van der Waals surface area contributed by atoms with Gasteiger partial charge in [-0.2, -0.15) is 0 Å². The molecule has 0 aromatic heterocycles. The van der Waals surface area contributed by atoms with Gasteiger partial charge in [0.1, 0.15) is 5.09 Å². The molecule has 1 rings (SSSR count). The number of rotatable bonds is 2. The Kier molecular flexibility index (Phi) is 3.44. The Bertz CT molecular complexity index is 279. The maximum Gasteiger partial charge on any atom is 0.242 e. The molecule has 0 bridgehead atoms. The van der Waals surface area contributed by atoms with E-state index in [4.69, 9.17) is 4.43 Å². The Morgan fingerprint density at radius 2 is 1.86 bits per heavy atom. The number of thioether (sulfide) groups is 2. The molecule has 0 saturated carbocycles. The molecule has 80 valence electrons. The van der Waals surface area contributed by atoms with Crippen LogP contribution in [0, 0.1) is 0 Å². The number of hydrogen-bond donors (Lipinski definition) is 0. The quantitative estimate of drug-likeness (QED) is 0.700. The Morgan fingerprint density at radius 3 is 2.29 bits per heavy atom. The Hall–Kier alpha value is 0.127. The standard InChI is InChI=1S/C9H16O2S2Si/c1-9(2)12-7(10)6-8(13-9)11-14(3,4)5/h6H,1-5H3. The minimum Gasteiger partial charge on any atom is -0.540 e. The van der Waals surface area contributed by atoms with E-state index in [9.17, 15) is 4.79 Å². The molecule has 0 spiro atoms. The van der Waals surface area contributed by atoms with Gasteiger partial charge in [-0.05, 0) is 33.5 Å². The lowest BCUT2D eigenvalue weighted by atomic mass is 10.5. The largest absolute Gasteiger partial charge is 0.540 e. The second-order valence-electron chi connectivity index (χ2n) is 4.60.